The summed E-state index contributed by atoms with van der Waals surface area (Å²) in [5.74, 6) is -0.804. The van der Waals surface area contributed by atoms with Crippen molar-refractivity contribution in [1.82, 2.24) is 0 Å². The zero-order valence-corrected chi connectivity index (χ0v) is 11.6. The molecule has 0 saturated heterocycles. The zero-order chi connectivity index (χ0) is 15.2. The summed E-state index contributed by atoms with van der Waals surface area (Å²) in [5, 5.41) is 2.69. The Bertz CT molecular complexity index is 641. The summed E-state index contributed by atoms with van der Waals surface area (Å²) in [4.78, 5) is 23.6. The van der Waals surface area contributed by atoms with E-state index in [1.165, 1.54) is 7.11 Å². The summed E-state index contributed by atoms with van der Waals surface area (Å²) in [6, 6.07) is 14.8. The van der Waals surface area contributed by atoms with Gasteiger partial charge in [0.15, 0.2) is 0 Å². The molecule has 108 valence electrons. The van der Waals surface area contributed by atoms with Crippen molar-refractivity contribution in [2.45, 2.75) is 6.04 Å². The lowest BCUT2D eigenvalue weighted by atomic mass is 10.1. The standard InChI is InChI=1S/C16H16N2O3/c1-21-16(20)12-8-5-9-13(10-12)18-15(19)14(17)11-6-3-2-4-7-11/h2-10,14H,17H2,1H3,(H,18,19). The molecule has 5 heteroatoms. The van der Waals surface area contributed by atoms with Crippen LogP contribution in [-0.2, 0) is 9.53 Å². The van der Waals surface area contributed by atoms with E-state index in [9.17, 15) is 9.59 Å². The predicted molar refractivity (Wildman–Crippen MR) is 79.8 cm³/mol. The van der Waals surface area contributed by atoms with Crippen LogP contribution >= 0.6 is 0 Å². The van der Waals surface area contributed by atoms with Crippen LogP contribution in [0.3, 0.4) is 0 Å². The Morgan fingerprint density at radius 3 is 2.48 bits per heavy atom. The molecule has 0 radical (unpaired) electrons. The van der Waals surface area contributed by atoms with E-state index in [-0.39, 0.29) is 5.91 Å². The summed E-state index contributed by atoms with van der Waals surface area (Å²) < 4.78 is 4.64. The fourth-order valence-electron chi connectivity index (χ4n) is 1.87. The van der Waals surface area contributed by atoms with Gasteiger partial charge in [0.2, 0.25) is 5.91 Å². The van der Waals surface area contributed by atoms with Crippen LogP contribution in [0.1, 0.15) is 22.0 Å². The number of nitrogens with two attached hydrogens (primary N) is 1. The van der Waals surface area contributed by atoms with Crippen molar-refractivity contribution >= 4 is 17.6 Å². The number of methoxy groups -OCH3 is 1. The number of amides is 1. The van der Waals surface area contributed by atoms with Crippen molar-refractivity contribution < 1.29 is 14.3 Å². The van der Waals surface area contributed by atoms with E-state index in [4.69, 9.17) is 5.73 Å². The van der Waals surface area contributed by atoms with Crippen LogP contribution in [0.5, 0.6) is 0 Å². The van der Waals surface area contributed by atoms with Gasteiger partial charge in [-0.05, 0) is 23.8 Å². The quantitative estimate of drug-likeness (QED) is 0.842. The van der Waals surface area contributed by atoms with Gasteiger partial charge in [0.25, 0.3) is 0 Å². The third-order valence-electron chi connectivity index (χ3n) is 2.99. The van der Waals surface area contributed by atoms with Crippen LogP contribution in [0.15, 0.2) is 54.6 Å². The van der Waals surface area contributed by atoms with Crippen molar-refractivity contribution in [2.24, 2.45) is 5.73 Å². The zero-order valence-electron chi connectivity index (χ0n) is 11.6. The van der Waals surface area contributed by atoms with Crippen molar-refractivity contribution in [3.8, 4) is 0 Å². The van der Waals surface area contributed by atoms with Gasteiger partial charge < -0.3 is 15.8 Å². The normalized spacial score (nSPS) is 11.5. The number of anilines is 1. The highest BCUT2D eigenvalue weighted by Crippen LogP contribution is 2.15. The maximum Gasteiger partial charge on any atom is 0.337 e. The average molecular weight is 284 g/mol. The lowest BCUT2D eigenvalue weighted by Crippen LogP contribution is -2.27. The second-order valence-corrected chi connectivity index (χ2v) is 4.45. The summed E-state index contributed by atoms with van der Waals surface area (Å²) >= 11 is 0. The topological polar surface area (TPSA) is 81.4 Å². The predicted octanol–water partition coefficient (Wildman–Crippen LogP) is 2.11. The van der Waals surface area contributed by atoms with Gasteiger partial charge >= 0.3 is 5.97 Å². The molecule has 1 amide bonds. The Kier molecular flexibility index (Phi) is 4.68. The highest BCUT2D eigenvalue weighted by molar-refractivity contribution is 5.97. The first kappa shape index (κ1) is 14.7. The van der Waals surface area contributed by atoms with E-state index in [1.54, 1.807) is 36.4 Å². The molecule has 0 bridgehead atoms. The Hall–Kier alpha value is -2.66. The van der Waals surface area contributed by atoms with Crippen LogP contribution in [0.4, 0.5) is 5.69 Å². The number of hydrogen-bond acceptors (Lipinski definition) is 4. The monoisotopic (exact) mass is 284 g/mol. The summed E-state index contributed by atoms with van der Waals surface area (Å²) in [5.41, 5.74) is 7.49. The van der Waals surface area contributed by atoms with Gasteiger partial charge in [-0.3, -0.25) is 4.79 Å². The van der Waals surface area contributed by atoms with Crippen molar-refractivity contribution in [2.75, 3.05) is 12.4 Å². The number of benzene rings is 2. The number of carbonyl (C=O) groups is 2. The molecule has 1 unspecified atom stereocenters. The molecule has 0 saturated carbocycles. The summed E-state index contributed by atoms with van der Waals surface area (Å²) in [6.07, 6.45) is 0. The van der Waals surface area contributed by atoms with E-state index >= 15 is 0 Å². The first-order chi connectivity index (χ1) is 10.1. The largest absolute Gasteiger partial charge is 0.465 e. The highest BCUT2D eigenvalue weighted by atomic mass is 16.5. The first-order valence-corrected chi connectivity index (χ1v) is 6.41. The molecule has 2 aromatic rings. The van der Waals surface area contributed by atoms with E-state index < -0.39 is 12.0 Å². The third-order valence-corrected chi connectivity index (χ3v) is 2.99. The molecule has 0 aliphatic rings. The molecule has 21 heavy (non-hydrogen) atoms. The molecule has 3 N–H and O–H groups in total. The van der Waals surface area contributed by atoms with E-state index in [0.717, 1.165) is 5.56 Å². The molecular weight excluding hydrogens is 268 g/mol. The first-order valence-electron chi connectivity index (χ1n) is 6.41. The minimum Gasteiger partial charge on any atom is -0.465 e. The average Bonchev–Trinajstić information content (AvgIpc) is 2.54. The number of ether oxygens (including phenoxy) is 1. The molecule has 0 heterocycles. The second kappa shape index (κ2) is 6.67. The van der Waals surface area contributed by atoms with Crippen molar-refractivity contribution in [1.29, 1.82) is 0 Å². The SMILES string of the molecule is COC(=O)c1cccc(NC(=O)C(N)c2ccccc2)c1. The molecule has 0 fully saturated rings. The molecule has 2 aromatic carbocycles. The smallest absolute Gasteiger partial charge is 0.337 e. The minimum absolute atomic E-state index is 0.344. The number of carbonyl (C=O) groups excluding carboxylic acids is 2. The van der Waals surface area contributed by atoms with E-state index in [1.807, 2.05) is 18.2 Å². The van der Waals surface area contributed by atoms with Gasteiger partial charge in [-0.2, -0.15) is 0 Å². The summed E-state index contributed by atoms with van der Waals surface area (Å²) in [7, 11) is 1.30. The number of esters is 1. The molecule has 0 aliphatic carbocycles. The molecule has 1 atom stereocenters. The Morgan fingerprint density at radius 2 is 1.81 bits per heavy atom. The Labute approximate surface area is 122 Å². The fraction of sp³-hybridized carbons (Fsp3) is 0.125. The molecule has 5 nitrogen and oxygen atoms in total. The van der Waals surface area contributed by atoms with Gasteiger partial charge in [0.05, 0.1) is 12.7 Å². The number of rotatable bonds is 4. The van der Waals surface area contributed by atoms with E-state index in [2.05, 4.69) is 10.1 Å². The fourth-order valence-corrected chi connectivity index (χ4v) is 1.87. The molecule has 0 spiro atoms. The maximum absolute atomic E-state index is 12.1. The Morgan fingerprint density at radius 1 is 1.10 bits per heavy atom. The molecule has 2 rings (SSSR count). The van der Waals surface area contributed by atoms with Gasteiger partial charge in [-0.1, -0.05) is 36.4 Å². The number of nitrogens with one attached hydrogen (secondary N) is 1. The minimum atomic E-state index is -0.770. The van der Waals surface area contributed by atoms with Crippen molar-refractivity contribution in [3.05, 3.63) is 65.7 Å². The molecule has 0 aliphatic heterocycles. The van der Waals surface area contributed by atoms with Crippen molar-refractivity contribution in [3.63, 3.8) is 0 Å². The van der Waals surface area contributed by atoms with Crippen LogP contribution in [0.25, 0.3) is 0 Å². The third kappa shape index (κ3) is 3.67. The summed E-state index contributed by atoms with van der Waals surface area (Å²) in [6.45, 7) is 0. The van der Waals surface area contributed by atoms with Crippen LogP contribution < -0.4 is 11.1 Å². The second-order valence-electron chi connectivity index (χ2n) is 4.45. The lowest BCUT2D eigenvalue weighted by Gasteiger charge is -2.13. The van der Waals surface area contributed by atoms with Crippen LogP contribution in [0, 0.1) is 0 Å². The van der Waals surface area contributed by atoms with Gasteiger partial charge in [-0.15, -0.1) is 0 Å². The van der Waals surface area contributed by atoms with Crippen LogP contribution in [0.2, 0.25) is 0 Å². The molecule has 0 aromatic heterocycles. The van der Waals surface area contributed by atoms with Gasteiger partial charge in [0, 0.05) is 5.69 Å². The van der Waals surface area contributed by atoms with Gasteiger partial charge in [-0.25, -0.2) is 4.79 Å². The lowest BCUT2D eigenvalue weighted by molar-refractivity contribution is -0.117. The Balaban J connectivity index is 2.11. The maximum atomic E-state index is 12.1. The van der Waals surface area contributed by atoms with Crippen LogP contribution in [-0.4, -0.2) is 19.0 Å². The van der Waals surface area contributed by atoms with E-state index in [0.29, 0.717) is 11.3 Å². The van der Waals surface area contributed by atoms with Gasteiger partial charge in [0.1, 0.15) is 6.04 Å². The number of hydrogen-bond donors (Lipinski definition) is 2. The highest BCUT2D eigenvalue weighted by Gasteiger charge is 2.16. The molecular formula is C16H16N2O3.